The summed E-state index contributed by atoms with van der Waals surface area (Å²) in [6, 6.07) is 14.6. The lowest BCUT2D eigenvalue weighted by molar-refractivity contribution is -0.384. The van der Waals surface area contributed by atoms with Crippen LogP contribution in [0.4, 0.5) is 10.5 Å². The Morgan fingerprint density at radius 1 is 1.16 bits per heavy atom. The summed E-state index contributed by atoms with van der Waals surface area (Å²) in [7, 11) is -4.26. The molecule has 11 heteroatoms. The predicted molar refractivity (Wildman–Crippen MR) is 114 cm³/mol. The summed E-state index contributed by atoms with van der Waals surface area (Å²) in [5, 5.41) is 13.1. The molecule has 10 nitrogen and oxygen atoms in total. The highest BCUT2D eigenvalue weighted by Crippen LogP contribution is 2.46. The molecule has 0 aliphatic carbocycles. The molecular formula is C20H26N3O7P. The lowest BCUT2D eigenvalue weighted by Gasteiger charge is -2.31. The SMILES string of the molecule is CCN(CC)C(OP(=O)(O)CNC(=O)OCc1ccccc1)c1ccc([N+](=O)[O-])cc1. The van der Waals surface area contributed by atoms with Crippen molar-refractivity contribution in [3.8, 4) is 0 Å². The quantitative estimate of drug-likeness (QED) is 0.227. The van der Waals surface area contributed by atoms with Gasteiger partial charge >= 0.3 is 13.7 Å². The van der Waals surface area contributed by atoms with Gasteiger partial charge in [0, 0.05) is 12.1 Å². The van der Waals surface area contributed by atoms with Crippen LogP contribution in [0.5, 0.6) is 0 Å². The zero-order chi connectivity index (χ0) is 22.9. The fraction of sp³-hybridized carbons (Fsp3) is 0.350. The van der Waals surface area contributed by atoms with Gasteiger partial charge in [0.2, 0.25) is 0 Å². The molecule has 0 fully saturated rings. The highest BCUT2D eigenvalue weighted by atomic mass is 31.2. The molecule has 2 unspecified atom stereocenters. The standard InChI is InChI=1S/C20H26N3O7P/c1-3-22(4-2)19(17-10-12-18(13-11-17)23(25)26)30-31(27,28)15-21-20(24)29-14-16-8-6-5-7-9-16/h5-13,19H,3-4,14-15H2,1-2H3,(H,21,24)(H,27,28). The van der Waals surface area contributed by atoms with E-state index in [1.807, 2.05) is 19.9 Å². The third kappa shape index (κ3) is 7.76. The molecule has 0 bridgehead atoms. The number of amides is 1. The van der Waals surface area contributed by atoms with E-state index >= 15 is 0 Å². The van der Waals surface area contributed by atoms with Gasteiger partial charge < -0.3 is 14.9 Å². The Hall–Kier alpha value is -2.78. The van der Waals surface area contributed by atoms with Crippen molar-refractivity contribution in [3.63, 3.8) is 0 Å². The van der Waals surface area contributed by atoms with E-state index in [1.54, 1.807) is 29.2 Å². The van der Waals surface area contributed by atoms with E-state index in [2.05, 4.69) is 5.32 Å². The van der Waals surface area contributed by atoms with Gasteiger partial charge in [-0.05, 0) is 36.3 Å². The maximum atomic E-state index is 12.6. The van der Waals surface area contributed by atoms with Crippen LogP contribution in [0.25, 0.3) is 0 Å². The van der Waals surface area contributed by atoms with Crippen LogP contribution in [0.3, 0.4) is 0 Å². The van der Waals surface area contributed by atoms with Crippen molar-refractivity contribution in [2.45, 2.75) is 26.7 Å². The highest BCUT2D eigenvalue weighted by molar-refractivity contribution is 7.52. The van der Waals surface area contributed by atoms with Gasteiger partial charge in [0.1, 0.15) is 19.1 Å². The summed E-state index contributed by atoms with van der Waals surface area (Å²) in [5.41, 5.74) is 1.16. The van der Waals surface area contributed by atoms with Crippen molar-refractivity contribution < 1.29 is 28.4 Å². The Morgan fingerprint density at radius 2 is 1.77 bits per heavy atom. The summed E-state index contributed by atoms with van der Waals surface area (Å²) in [6.45, 7) is 4.74. The van der Waals surface area contributed by atoms with Crippen molar-refractivity contribution >= 4 is 19.4 Å². The highest BCUT2D eigenvalue weighted by Gasteiger charge is 2.30. The normalized spacial score (nSPS) is 13.9. The van der Waals surface area contributed by atoms with Gasteiger partial charge in [0.05, 0.1) is 4.92 Å². The summed E-state index contributed by atoms with van der Waals surface area (Å²) in [6.07, 6.45) is -2.42. The van der Waals surface area contributed by atoms with E-state index in [-0.39, 0.29) is 12.3 Å². The fourth-order valence-corrected chi connectivity index (χ4v) is 3.76. The van der Waals surface area contributed by atoms with E-state index in [1.165, 1.54) is 24.3 Å². The molecule has 2 atom stereocenters. The Kier molecular flexibility index (Phi) is 9.14. The number of alkyl carbamates (subject to hydrolysis) is 1. The Morgan fingerprint density at radius 3 is 2.32 bits per heavy atom. The molecule has 0 heterocycles. The van der Waals surface area contributed by atoms with Gasteiger partial charge in [0.15, 0.2) is 0 Å². The number of hydrogen-bond acceptors (Lipinski definition) is 7. The number of carbonyl (C=O) groups is 1. The van der Waals surface area contributed by atoms with E-state index in [4.69, 9.17) is 9.26 Å². The van der Waals surface area contributed by atoms with E-state index in [9.17, 15) is 24.4 Å². The second kappa shape index (κ2) is 11.6. The van der Waals surface area contributed by atoms with Crippen LogP contribution in [0.1, 0.15) is 31.2 Å². The minimum absolute atomic E-state index is 0.0220. The first kappa shape index (κ1) is 24.5. The summed E-state index contributed by atoms with van der Waals surface area (Å²) in [4.78, 5) is 34.3. The number of carbonyl (C=O) groups excluding carboxylic acids is 1. The number of nitrogens with one attached hydrogen (secondary N) is 1. The number of nitrogens with zero attached hydrogens (tertiary/aromatic N) is 2. The second-order valence-electron chi connectivity index (χ2n) is 6.56. The minimum Gasteiger partial charge on any atom is -0.445 e. The first-order valence-electron chi connectivity index (χ1n) is 9.69. The topological polar surface area (TPSA) is 131 Å². The van der Waals surface area contributed by atoms with Gasteiger partial charge in [-0.25, -0.2) is 4.79 Å². The molecule has 2 aromatic rings. The predicted octanol–water partition coefficient (Wildman–Crippen LogP) is 4.02. The Bertz CT molecular complexity index is 905. The monoisotopic (exact) mass is 451 g/mol. The number of nitro groups is 1. The summed E-state index contributed by atoms with van der Waals surface area (Å²) in [5.74, 6) is 0. The van der Waals surface area contributed by atoms with Crippen LogP contribution < -0.4 is 5.32 Å². The Labute approximate surface area is 180 Å². The van der Waals surface area contributed by atoms with Crippen molar-refractivity contribution in [2.75, 3.05) is 19.4 Å². The first-order valence-corrected chi connectivity index (χ1v) is 11.4. The number of nitro benzene ring substituents is 1. The number of benzene rings is 2. The largest absolute Gasteiger partial charge is 0.445 e. The molecule has 0 aromatic heterocycles. The maximum Gasteiger partial charge on any atom is 0.408 e. The molecule has 2 aromatic carbocycles. The zero-order valence-electron chi connectivity index (χ0n) is 17.3. The lowest BCUT2D eigenvalue weighted by atomic mass is 10.1. The zero-order valence-corrected chi connectivity index (χ0v) is 18.2. The molecular weight excluding hydrogens is 425 g/mol. The molecule has 0 spiro atoms. The molecule has 0 saturated heterocycles. The van der Waals surface area contributed by atoms with Crippen LogP contribution in [-0.2, 0) is 20.4 Å². The van der Waals surface area contributed by atoms with Gasteiger partial charge in [-0.3, -0.25) is 24.1 Å². The maximum absolute atomic E-state index is 12.6. The number of ether oxygens (including phenoxy) is 1. The van der Waals surface area contributed by atoms with Crippen LogP contribution in [-0.4, -0.2) is 40.2 Å². The lowest BCUT2D eigenvalue weighted by Crippen LogP contribution is -2.31. The van der Waals surface area contributed by atoms with Gasteiger partial charge in [-0.1, -0.05) is 44.2 Å². The number of rotatable bonds is 11. The Balaban J connectivity index is 2.01. The molecule has 31 heavy (non-hydrogen) atoms. The van der Waals surface area contributed by atoms with Gasteiger partial charge in [-0.15, -0.1) is 0 Å². The van der Waals surface area contributed by atoms with Gasteiger partial charge in [0.25, 0.3) is 5.69 Å². The number of hydrogen-bond donors (Lipinski definition) is 2. The fourth-order valence-electron chi connectivity index (χ4n) is 2.79. The molecule has 1 amide bonds. The minimum atomic E-state index is -4.26. The third-order valence-electron chi connectivity index (χ3n) is 4.43. The summed E-state index contributed by atoms with van der Waals surface area (Å²) < 4.78 is 23.1. The average Bonchev–Trinajstić information content (AvgIpc) is 2.77. The third-order valence-corrected chi connectivity index (χ3v) is 5.52. The second-order valence-corrected chi connectivity index (χ2v) is 8.36. The van der Waals surface area contributed by atoms with Crippen LogP contribution in [0.15, 0.2) is 54.6 Å². The first-order chi connectivity index (χ1) is 14.8. The van der Waals surface area contributed by atoms with E-state index in [0.717, 1.165) is 5.56 Å². The van der Waals surface area contributed by atoms with E-state index < -0.39 is 31.1 Å². The van der Waals surface area contributed by atoms with Crippen LogP contribution >= 0.6 is 7.60 Å². The average molecular weight is 451 g/mol. The summed E-state index contributed by atoms with van der Waals surface area (Å²) >= 11 is 0. The van der Waals surface area contributed by atoms with Crippen molar-refractivity contribution in [1.82, 2.24) is 10.2 Å². The number of non-ortho nitro benzene ring substituents is 1. The van der Waals surface area contributed by atoms with Crippen molar-refractivity contribution in [2.24, 2.45) is 0 Å². The molecule has 0 saturated carbocycles. The van der Waals surface area contributed by atoms with Crippen LogP contribution in [0, 0.1) is 10.1 Å². The van der Waals surface area contributed by atoms with E-state index in [0.29, 0.717) is 18.7 Å². The molecule has 2 N–H and O–H groups in total. The molecule has 0 aliphatic rings. The van der Waals surface area contributed by atoms with Crippen molar-refractivity contribution in [3.05, 3.63) is 75.8 Å². The molecule has 2 rings (SSSR count). The van der Waals surface area contributed by atoms with Crippen LogP contribution in [0.2, 0.25) is 0 Å². The molecule has 0 radical (unpaired) electrons. The smallest absolute Gasteiger partial charge is 0.408 e. The van der Waals surface area contributed by atoms with Crippen molar-refractivity contribution in [1.29, 1.82) is 0 Å². The molecule has 0 aliphatic heterocycles. The molecule has 168 valence electrons. The van der Waals surface area contributed by atoms with Gasteiger partial charge in [-0.2, -0.15) is 0 Å².